The van der Waals surface area contributed by atoms with Gasteiger partial charge in [0.15, 0.2) is 5.96 Å². The van der Waals surface area contributed by atoms with Crippen LogP contribution in [-0.4, -0.2) is 53.4 Å². The van der Waals surface area contributed by atoms with Gasteiger partial charge < -0.3 is 20.1 Å². The lowest BCUT2D eigenvalue weighted by molar-refractivity contribution is 0.632. The number of hydrogen-bond acceptors (Lipinski definition) is 4. The fourth-order valence-corrected chi connectivity index (χ4v) is 2.94. The lowest BCUT2D eigenvalue weighted by atomic mass is 10.2. The van der Waals surface area contributed by atoms with Crippen molar-refractivity contribution < 1.29 is 0 Å². The molecular formula is C20H34IN7. The Labute approximate surface area is 186 Å². The molecule has 2 rings (SSSR count). The highest BCUT2D eigenvalue weighted by molar-refractivity contribution is 14.0. The third-order valence-electron chi connectivity index (χ3n) is 4.36. The highest BCUT2D eigenvalue weighted by Gasteiger charge is 2.04. The SMILES string of the molecule is CCNC(=NCCCN(CC)c1ccccc1)NCCn1cnnc1CC.I. The van der Waals surface area contributed by atoms with Gasteiger partial charge >= 0.3 is 0 Å². The van der Waals surface area contributed by atoms with Gasteiger partial charge in [0.1, 0.15) is 12.2 Å². The Bertz CT molecular complexity index is 672. The van der Waals surface area contributed by atoms with Gasteiger partial charge in [0, 0.05) is 51.4 Å². The summed E-state index contributed by atoms with van der Waals surface area (Å²) in [5.74, 6) is 1.88. The van der Waals surface area contributed by atoms with Gasteiger partial charge in [0.05, 0.1) is 0 Å². The molecule has 0 fully saturated rings. The van der Waals surface area contributed by atoms with Crippen LogP contribution in [0.25, 0.3) is 0 Å². The van der Waals surface area contributed by atoms with Crippen molar-refractivity contribution in [3.63, 3.8) is 0 Å². The van der Waals surface area contributed by atoms with E-state index in [9.17, 15) is 0 Å². The van der Waals surface area contributed by atoms with E-state index in [1.54, 1.807) is 6.33 Å². The molecule has 28 heavy (non-hydrogen) atoms. The summed E-state index contributed by atoms with van der Waals surface area (Å²) in [5.41, 5.74) is 1.27. The van der Waals surface area contributed by atoms with Crippen molar-refractivity contribution in [2.75, 3.05) is 37.6 Å². The van der Waals surface area contributed by atoms with Crippen LogP contribution in [0, 0.1) is 0 Å². The largest absolute Gasteiger partial charge is 0.372 e. The van der Waals surface area contributed by atoms with E-state index in [0.717, 1.165) is 63.9 Å². The number of benzene rings is 1. The summed E-state index contributed by atoms with van der Waals surface area (Å²) >= 11 is 0. The summed E-state index contributed by atoms with van der Waals surface area (Å²) in [5, 5.41) is 14.8. The summed E-state index contributed by atoms with van der Waals surface area (Å²) in [6.45, 7) is 11.6. The number of rotatable bonds is 11. The number of guanidine groups is 1. The molecule has 0 radical (unpaired) electrons. The molecule has 156 valence electrons. The highest BCUT2D eigenvalue weighted by atomic mass is 127. The van der Waals surface area contributed by atoms with Gasteiger partial charge in [-0.05, 0) is 32.4 Å². The standard InChI is InChI=1S/C20H33N7.HI/c1-4-19-25-24-17-27(19)16-14-23-20(21-5-2)22-13-10-15-26(6-3)18-11-8-7-9-12-18;/h7-9,11-12,17H,4-6,10,13-16H2,1-3H3,(H2,21,22,23);1H. The maximum atomic E-state index is 4.70. The zero-order chi connectivity index (χ0) is 19.3. The van der Waals surface area contributed by atoms with Gasteiger partial charge in [-0.15, -0.1) is 34.2 Å². The summed E-state index contributed by atoms with van der Waals surface area (Å²) in [6, 6.07) is 10.5. The number of halogens is 1. The van der Waals surface area contributed by atoms with E-state index < -0.39 is 0 Å². The molecule has 2 N–H and O–H groups in total. The second-order valence-corrected chi connectivity index (χ2v) is 6.25. The minimum Gasteiger partial charge on any atom is -0.372 e. The molecule has 0 atom stereocenters. The topological polar surface area (TPSA) is 70.4 Å². The van der Waals surface area contributed by atoms with Crippen LogP contribution in [0.3, 0.4) is 0 Å². The fourth-order valence-electron chi connectivity index (χ4n) is 2.94. The number of nitrogens with one attached hydrogen (secondary N) is 2. The quantitative estimate of drug-likeness (QED) is 0.215. The minimum atomic E-state index is 0. The molecule has 1 heterocycles. The Hall–Kier alpha value is -1.84. The average molecular weight is 499 g/mol. The third kappa shape index (κ3) is 8.04. The summed E-state index contributed by atoms with van der Waals surface area (Å²) in [7, 11) is 0. The molecule has 0 aliphatic rings. The molecule has 7 nitrogen and oxygen atoms in total. The number of aliphatic imine (C=N–C) groups is 1. The highest BCUT2D eigenvalue weighted by Crippen LogP contribution is 2.12. The summed E-state index contributed by atoms with van der Waals surface area (Å²) in [6.07, 6.45) is 3.70. The third-order valence-corrected chi connectivity index (χ3v) is 4.36. The molecule has 0 amide bonds. The van der Waals surface area contributed by atoms with Crippen molar-refractivity contribution in [2.24, 2.45) is 4.99 Å². The van der Waals surface area contributed by atoms with Crippen LogP contribution >= 0.6 is 24.0 Å². The number of hydrogen-bond donors (Lipinski definition) is 2. The number of para-hydroxylation sites is 1. The van der Waals surface area contributed by atoms with E-state index in [2.05, 4.69) is 81.4 Å². The van der Waals surface area contributed by atoms with Crippen molar-refractivity contribution in [1.29, 1.82) is 0 Å². The number of anilines is 1. The van der Waals surface area contributed by atoms with E-state index >= 15 is 0 Å². The zero-order valence-electron chi connectivity index (χ0n) is 17.3. The monoisotopic (exact) mass is 499 g/mol. The van der Waals surface area contributed by atoms with Crippen molar-refractivity contribution >= 4 is 35.6 Å². The maximum Gasteiger partial charge on any atom is 0.191 e. The first kappa shape index (κ1) is 24.2. The van der Waals surface area contributed by atoms with Crippen molar-refractivity contribution in [3.05, 3.63) is 42.5 Å². The van der Waals surface area contributed by atoms with Gasteiger partial charge in [-0.2, -0.15) is 0 Å². The fraction of sp³-hybridized carbons (Fsp3) is 0.550. The number of aromatic nitrogens is 3. The minimum absolute atomic E-state index is 0. The number of aryl methyl sites for hydroxylation is 1. The second kappa shape index (κ2) is 14.2. The average Bonchev–Trinajstić information content (AvgIpc) is 3.16. The Morgan fingerprint density at radius 2 is 1.93 bits per heavy atom. The lowest BCUT2D eigenvalue weighted by Gasteiger charge is -2.22. The van der Waals surface area contributed by atoms with Gasteiger partial charge in [0.2, 0.25) is 0 Å². The molecule has 8 heteroatoms. The molecule has 1 aromatic carbocycles. The Morgan fingerprint density at radius 1 is 1.14 bits per heavy atom. The van der Waals surface area contributed by atoms with Crippen molar-refractivity contribution in [2.45, 2.75) is 40.2 Å². The van der Waals surface area contributed by atoms with Crippen LogP contribution < -0.4 is 15.5 Å². The van der Waals surface area contributed by atoms with Crippen LogP contribution in [0.15, 0.2) is 41.7 Å². The Kier molecular flexibility index (Phi) is 12.3. The second-order valence-electron chi connectivity index (χ2n) is 6.25. The van der Waals surface area contributed by atoms with Crippen LogP contribution in [-0.2, 0) is 13.0 Å². The first-order chi connectivity index (χ1) is 13.3. The molecule has 0 unspecified atom stereocenters. The molecule has 0 aliphatic heterocycles. The molecule has 0 bridgehead atoms. The molecule has 0 aliphatic carbocycles. The van der Waals surface area contributed by atoms with Gasteiger partial charge in [-0.25, -0.2) is 0 Å². The molecular weight excluding hydrogens is 465 g/mol. The Balaban J connectivity index is 0.00000392. The first-order valence-electron chi connectivity index (χ1n) is 9.97. The van der Waals surface area contributed by atoms with Crippen molar-refractivity contribution in [1.82, 2.24) is 25.4 Å². The predicted octanol–water partition coefficient (Wildman–Crippen LogP) is 2.93. The summed E-state index contributed by atoms with van der Waals surface area (Å²) in [4.78, 5) is 7.09. The number of nitrogens with zero attached hydrogens (tertiary/aromatic N) is 5. The van der Waals surface area contributed by atoms with E-state index in [1.807, 2.05) is 0 Å². The van der Waals surface area contributed by atoms with Gasteiger partial charge in [-0.3, -0.25) is 4.99 Å². The van der Waals surface area contributed by atoms with Crippen LogP contribution in [0.5, 0.6) is 0 Å². The molecule has 0 spiro atoms. The van der Waals surface area contributed by atoms with E-state index in [1.165, 1.54) is 5.69 Å². The zero-order valence-corrected chi connectivity index (χ0v) is 19.6. The van der Waals surface area contributed by atoms with Gasteiger partial charge in [-0.1, -0.05) is 25.1 Å². The van der Waals surface area contributed by atoms with Crippen LogP contribution in [0.1, 0.15) is 33.0 Å². The Morgan fingerprint density at radius 3 is 2.61 bits per heavy atom. The van der Waals surface area contributed by atoms with E-state index in [4.69, 9.17) is 4.99 Å². The smallest absolute Gasteiger partial charge is 0.191 e. The van der Waals surface area contributed by atoms with E-state index in [0.29, 0.717) is 0 Å². The van der Waals surface area contributed by atoms with Crippen LogP contribution in [0.4, 0.5) is 5.69 Å². The molecule has 0 saturated carbocycles. The lowest BCUT2D eigenvalue weighted by Crippen LogP contribution is -2.39. The molecule has 1 aromatic heterocycles. The van der Waals surface area contributed by atoms with Crippen LogP contribution in [0.2, 0.25) is 0 Å². The molecule has 0 saturated heterocycles. The maximum absolute atomic E-state index is 4.70. The van der Waals surface area contributed by atoms with Crippen molar-refractivity contribution in [3.8, 4) is 0 Å². The first-order valence-corrected chi connectivity index (χ1v) is 9.97. The predicted molar refractivity (Wildman–Crippen MR) is 128 cm³/mol. The normalized spacial score (nSPS) is 11.0. The summed E-state index contributed by atoms with van der Waals surface area (Å²) < 4.78 is 2.08. The molecule has 2 aromatic rings. The van der Waals surface area contributed by atoms with Gasteiger partial charge in [0.25, 0.3) is 0 Å². The van der Waals surface area contributed by atoms with E-state index in [-0.39, 0.29) is 24.0 Å².